The van der Waals surface area contributed by atoms with Crippen LogP contribution in [-0.2, 0) is 11.3 Å². The van der Waals surface area contributed by atoms with Crippen LogP contribution < -0.4 is 5.73 Å². The normalized spacial score (nSPS) is 21.0. The van der Waals surface area contributed by atoms with Crippen LogP contribution in [0.1, 0.15) is 24.8 Å². The molecule has 1 aromatic carbocycles. The summed E-state index contributed by atoms with van der Waals surface area (Å²) >= 11 is 3.32. The zero-order valence-electron chi connectivity index (χ0n) is 12.0. The fraction of sp³-hybridized carbons (Fsp3) is 0.533. The lowest BCUT2D eigenvalue weighted by Gasteiger charge is -2.24. The van der Waals surface area contributed by atoms with Gasteiger partial charge in [-0.25, -0.2) is 4.39 Å². The Morgan fingerprint density at radius 3 is 2.86 bits per heavy atom. The number of nitrogens with zero attached hydrogens (tertiary/aromatic N) is 1. The molecule has 1 aliphatic rings. The second kappa shape index (κ2) is 8.11. The van der Waals surface area contributed by atoms with Gasteiger partial charge in [0.05, 0.1) is 0 Å². The summed E-state index contributed by atoms with van der Waals surface area (Å²) in [6.07, 6.45) is 2.97. The van der Waals surface area contributed by atoms with E-state index in [4.69, 9.17) is 5.73 Å². The maximum absolute atomic E-state index is 13.7. The number of rotatable bonds is 4. The monoisotopic (exact) mass is 378 g/mol. The summed E-state index contributed by atoms with van der Waals surface area (Å²) in [6.45, 7) is 0.841. The lowest BCUT2D eigenvalue weighted by molar-refractivity contribution is -0.135. The topological polar surface area (TPSA) is 46.3 Å². The molecule has 0 saturated heterocycles. The van der Waals surface area contributed by atoms with Gasteiger partial charge in [-0.1, -0.05) is 22.4 Å². The summed E-state index contributed by atoms with van der Waals surface area (Å²) < 4.78 is 14.5. The first-order valence-electron chi connectivity index (χ1n) is 6.92. The smallest absolute Gasteiger partial charge is 0.226 e. The lowest BCUT2D eigenvalue weighted by atomic mass is 9.95. The molecule has 0 spiro atoms. The standard InChI is InChI=1S/C15H20BrFN2O.ClH/c1-19(9-11-7-12(16)5-6-14(11)17)15(20)13-4-2-3-10(13)8-18;/h5-7,10,13H,2-4,8-9,18H2,1H3;1H/t10-,13-;/m1./s1. The molecular formula is C15H21BrClFN2O. The molecule has 1 aromatic rings. The van der Waals surface area contributed by atoms with E-state index in [1.54, 1.807) is 24.1 Å². The molecule has 3 nitrogen and oxygen atoms in total. The Labute approximate surface area is 139 Å². The van der Waals surface area contributed by atoms with E-state index in [9.17, 15) is 9.18 Å². The quantitative estimate of drug-likeness (QED) is 0.872. The zero-order chi connectivity index (χ0) is 14.7. The molecule has 0 heterocycles. The van der Waals surface area contributed by atoms with Gasteiger partial charge in [-0.15, -0.1) is 12.4 Å². The van der Waals surface area contributed by atoms with Gasteiger partial charge >= 0.3 is 0 Å². The van der Waals surface area contributed by atoms with Crippen LogP contribution in [0.2, 0.25) is 0 Å². The molecule has 0 aromatic heterocycles. The van der Waals surface area contributed by atoms with E-state index < -0.39 is 0 Å². The number of hydrogen-bond acceptors (Lipinski definition) is 2. The molecule has 1 amide bonds. The highest BCUT2D eigenvalue weighted by atomic mass is 79.9. The summed E-state index contributed by atoms with van der Waals surface area (Å²) in [5.41, 5.74) is 6.25. The Hall–Kier alpha value is -0.650. The Morgan fingerprint density at radius 2 is 2.19 bits per heavy atom. The molecule has 0 bridgehead atoms. The number of carbonyl (C=O) groups excluding carboxylic acids is 1. The Bertz CT molecular complexity index is 501. The van der Waals surface area contributed by atoms with Crippen LogP contribution in [0.3, 0.4) is 0 Å². The van der Waals surface area contributed by atoms with Crippen LogP contribution in [0, 0.1) is 17.7 Å². The van der Waals surface area contributed by atoms with Gasteiger partial charge in [0, 0.05) is 29.5 Å². The molecule has 21 heavy (non-hydrogen) atoms. The molecule has 118 valence electrons. The molecule has 2 atom stereocenters. The number of halogens is 3. The first kappa shape index (κ1) is 18.4. The number of amides is 1. The first-order chi connectivity index (χ1) is 9.52. The number of nitrogens with two attached hydrogens (primary N) is 1. The van der Waals surface area contributed by atoms with E-state index in [0.29, 0.717) is 12.1 Å². The summed E-state index contributed by atoms with van der Waals surface area (Å²) in [6, 6.07) is 4.78. The van der Waals surface area contributed by atoms with Crippen LogP contribution in [0.15, 0.2) is 22.7 Å². The van der Waals surface area contributed by atoms with E-state index in [0.717, 1.165) is 23.7 Å². The third kappa shape index (κ3) is 4.41. The van der Waals surface area contributed by atoms with E-state index in [2.05, 4.69) is 15.9 Å². The van der Waals surface area contributed by atoms with E-state index in [1.165, 1.54) is 6.07 Å². The lowest BCUT2D eigenvalue weighted by Crippen LogP contribution is -2.36. The summed E-state index contributed by atoms with van der Waals surface area (Å²) in [5, 5.41) is 0. The molecule has 0 unspecified atom stereocenters. The van der Waals surface area contributed by atoms with Gasteiger partial charge in [-0.3, -0.25) is 4.79 Å². The molecule has 6 heteroatoms. The van der Waals surface area contributed by atoms with Crippen molar-refractivity contribution >= 4 is 34.2 Å². The van der Waals surface area contributed by atoms with Crippen molar-refractivity contribution < 1.29 is 9.18 Å². The predicted molar refractivity (Wildman–Crippen MR) is 87.7 cm³/mol. The van der Waals surface area contributed by atoms with Crippen molar-refractivity contribution in [3.05, 3.63) is 34.1 Å². The molecule has 0 radical (unpaired) electrons. The van der Waals surface area contributed by atoms with Gasteiger partial charge in [-0.05, 0) is 43.5 Å². The van der Waals surface area contributed by atoms with Crippen molar-refractivity contribution in [2.45, 2.75) is 25.8 Å². The number of carbonyl (C=O) groups is 1. The highest BCUT2D eigenvalue weighted by Crippen LogP contribution is 2.32. The molecule has 2 rings (SSSR count). The van der Waals surface area contributed by atoms with Crippen molar-refractivity contribution in [1.82, 2.24) is 4.90 Å². The van der Waals surface area contributed by atoms with Gasteiger partial charge in [0.25, 0.3) is 0 Å². The molecule has 2 N–H and O–H groups in total. The summed E-state index contributed by atoms with van der Waals surface area (Å²) in [4.78, 5) is 14.1. The van der Waals surface area contributed by atoms with Crippen LogP contribution in [0.4, 0.5) is 4.39 Å². The van der Waals surface area contributed by atoms with Crippen molar-refractivity contribution in [2.75, 3.05) is 13.6 Å². The Balaban J connectivity index is 0.00000220. The average Bonchev–Trinajstić information content (AvgIpc) is 2.90. The Morgan fingerprint density at radius 1 is 1.48 bits per heavy atom. The molecule has 0 aliphatic heterocycles. The van der Waals surface area contributed by atoms with Crippen molar-refractivity contribution in [2.24, 2.45) is 17.6 Å². The fourth-order valence-corrected chi connectivity index (χ4v) is 3.33. The third-order valence-electron chi connectivity index (χ3n) is 4.07. The molecular weight excluding hydrogens is 359 g/mol. The van der Waals surface area contributed by atoms with Crippen LogP contribution in [0.5, 0.6) is 0 Å². The largest absolute Gasteiger partial charge is 0.341 e. The van der Waals surface area contributed by atoms with Gasteiger partial charge in [0.1, 0.15) is 5.82 Å². The van der Waals surface area contributed by atoms with Gasteiger partial charge in [0.2, 0.25) is 5.91 Å². The summed E-state index contributed by atoms with van der Waals surface area (Å²) in [5.74, 6) is 0.0736. The predicted octanol–water partition coefficient (Wildman–Crippen LogP) is 3.34. The fourth-order valence-electron chi connectivity index (χ4n) is 2.93. The number of benzene rings is 1. The van der Waals surface area contributed by atoms with Gasteiger partial charge in [0.15, 0.2) is 0 Å². The summed E-state index contributed by atoms with van der Waals surface area (Å²) in [7, 11) is 1.73. The minimum atomic E-state index is -0.283. The van der Waals surface area contributed by atoms with Gasteiger partial charge < -0.3 is 10.6 Å². The van der Waals surface area contributed by atoms with Crippen molar-refractivity contribution in [3.8, 4) is 0 Å². The van der Waals surface area contributed by atoms with E-state index in [1.807, 2.05) is 0 Å². The second-order valence-corrected chi connectivity index (χ2v) is 6.38. The van der Waals surface area contributed by atoms with Gasteiger partial charge in [-0.2, -0.15) is 0 Å². The van der Waals surface area contributed by atoms with Crippen LogP contribution >= 0.6 is 28.3 Å². The minimum absolute atomic E-state index is 0. The molecule has 1 saturated carbocycles. The second-order valence-electron chi connectivity index (χ2n) is 5.46. The maximum atomic E-state index is 13.7. The highest BCUT2D eigenvalue weighted by Gasteiger charge is 2.33. The SMILES string of the molecule is CN(Cc1cc(Br)ccc1F)C(=O)[C@@H]1CCC[C@@H]1CN.Cl. The van der Waals surface area contributed by atoms with Crippen LogP contribution in [-0.4, -0.2) is 24.4 Å². The minimum Gasteiger partial charge on any atom is -0.341 e. The first-order valence-corrected chi connectivity index (χ1v) is 7.71. The Kier molecular flexibility index (Phi) is 7.10. The van der Waals surface area contributed by atoms with Crippen LogP contribution in [0.25, 0.3) is 0 Å². The maximum Gasteiger partial charge on any atom is 0.226 e. The van der Waals surface area contributed by atoms with E-state index in [-0.39, 0.29) is 42.5 Å². The number of hydrogen-bond donors (Lipinski definition) is 1. The average molecular weight is 380 g/mol. The highest BCUT2D eigenvalue weighted by molar-refractivity contribution is 9.10. The molecule has 1 aliphatic carbocycles. The van der Waals surface area contributed by atoms with Crippen molar-refractivity contribution in [3.63, 3.8) is 0 Å². The van der Waals surface area contributed by atoms with E-state index >= 15 is 0 Å². The zero-order valence-corrected chi connectivity index (χ0v) is 14.4. The van der Waals surface area contributed by atoms with Crippen molar-refractivity contribution in [1.29, 1.82) is 0 Å². The third-order valence-corrected chi connectivity index (χ3v) is 4.56. The molecule has 1 fully saturated rings.